The van der Waals surface area contributed by atoms with Crippen molar-refractivity contribution in [3.05, 3.63) is 60.2 Å². The third kappa shape index (κ3) is 4.08. The molecule has 0 saturated heterocycles. The van der Waals surface area contributed by atoms with Crippen LogP contribution in [0.25, 0.3) is 0 Å². The maximum atomic E-state index is 12.4. The van der Waals surface area contributed by atoms with Crippen molar-refractivity contribution < 1.29 is 4.79 Å². The molecule has 0 fully saturated rings. The zero-order chi connectivity index (χ0) is 15.1. The lowest BCUT2D eigenvalue weighted by molar-refractivity contribution is 0.257. The van der Waals surface area contributed by atoms with Crippen LogP contribution in [0.5, 0.6) is 0 Å². The van der Waals surface area contributed by atoms with Crippen molar-refractivity contribution in [3.63, 3.8) is 0 Å². The second-order valence-electron chi connectivity index (χ2n) is 4.69. The maximum absolute atomic E-state index is 12.4. The van der Waals surface area contributed by atoms with Crippen LogP contribution in [0, 0.1) is 18.3 Å². The molecule has 106 valence electrons. The standard InChI is InChI=1S/C17H17N3O/c1-14-7-5-8-15(13-14)19-17(21)20(12-6-11-18)16-9-3-2-4-10-16/h2-5,7-10,13H,6,12H2,1H3,(H,19,21). The van der Waals surface area contributed by atoms with Crippen molar-refractivity contribution in [2.45, 2.75) is 13.3 Å². The zero-order valence-corrected chi connectivity index (χ0v) is 11.9. The molecule has 0 aliphatic rings. The number of nitrogens with one attached hydrogen (secondary N) is 1. The lowest BCUT2D eigenvalue weighted by Gasteiger charge is -2.22. The second-order valence-corrected chi connectivity index (χ2v) is 4.69. The van der Waals surface area contributed by atoms with Crippen LogP contribution < -0.4 is 10.2 Å². The van der Waals surface area contributed by atoms with Crippen molar-refractivity contribution in [2.24, 2.45) is 0 Å². The summed E-state index contributed by atoms with van der Waals surface area (Å²) in [6, 6.07) is 18.8. The van der Waals surface area contributed by atoms with E-state index in [0.717, 1.165) is 16.9 Å². The quantitative estimate of drug-likeness (QED) is 0.921. The van der Waals surface area contributed by atoms with Crippen LogP contribution in [0.15, 0.2) is 54.6 Å². The number of urea groups is 1. The second kappa shape index (κ2) is 7.11. The number of carbonyl (C=O) groups is 1. The molecule has 0 unspecified atom stereocenters. The Labute approximate surface area is 124 Å². The molecule has 2 aromatic carbocycles. The normalized spacial score (nSPS) is 9.71. The van der Waals surface area contributed by atoms with Crippen molar-refractivity contribution >= 4 is 17.4 Å². The van der Waals surface area contributed by atoms with E-state index in [2.05, 4.69) is 11.4 Å². The minimum atomic E-state index is -0.234. The Bertz CT molecular complexity index is 647. The monoisotopic (exact) mass is 279 g/mol. The molecule has 0 aliphatic carbocycles. The van der Waals surface area contributed by atoms with Gasteiger partial charge in [0.2, 0.25) is 0 Å². The average molecular weight is 279 g/mol. The Hall–Kier alpha value is -2.80. The predicted octanol–water partition coefficient (Wildman–Crippen LogP) is 3.95. The van der Waals surface area contributed by atoms with Crippen molar-refractivity contribution in [2.75, 3.05) is 16.8 Å². The SMILES string of the molecule is Cc1cccc(NC(=O)N(CCC#N)c2ccccc2)c1. The van der Waals surface area contributed by atoms with E-state index in [0.29, 0.717) is 6.54 Å². The van der Waals surface area contributed by atoms with Gasteiger partial charge >= 0.3 is 6.03 Å². The van der Waals surface area contributed by atoms with Gasteiger partial charge < -0.3 is 5.32 Å². The van der Waals surface area contributed by atoms with E-state index < -0.39 is 0 Å². The highest BCUT2D eigenvalue weighted by molar-refractivity contribution is 6.01. The van der Waals surface area contributed by atoms with E-state index in [1.807, 2.05) is 61.5 Å². The van der Waals surface area contributed by atoms with Crippen molar-refractivity contribution in [3.8, 4) is 6.07 Å². The fraction of sp³-hybridized carbons (Fsp3) is 0.176. The lowest BCUT2D eigenvalue weighted by Crippen LogP contribution is -2.35. The average Bonchev–Trinajstić information content (AvgIpc) is 2.49. The number of rotatable bonds is 4. The topological polar surface area (TPSA) is 56.1 Å². The molecule has 0 saturated carbocycles. The highest BCUT2D eigenvalue weighted by Crippen LogP contribution is 2.16. The van der Waals surface area contributed by atoms with E-state index in [9.17, 15) is 4.79 Å². The van der Waals surface area contributed by atoms with Crippen LogP contribution in [-0.2, 0) is 0 Å². The van der Waals surface area contributed by atoms with Gasteiger partial charge in [0.25, 0.3) is 0 Å². The number of carbonyl (C=O) groups excluding carboxylic acids is 1. The maximum Gasteiger partial charge on any atom is 0.326 e. The minimum absolute atomic E-state index is 0.234. The van der Waals surface area contributed by atoms with E-state index in [1.165, 1.54) is 0 Å². The molecule has 0 heterocycles. The van der Waals surface area contributed by atoms with Crippen molar-refractivity contribution in [1.29, 1.82) is 5.26 Å². The predicted molar refractivity (Wildman–Crippen MR) is 84.2 cm³/mol. The number of benzene rings is 2. The summed E-state index contributed by atoms with van der Waals surface area (Å²) in [6.45, 7) is 2.33. The summed E-state index contributed by atoms with van der Waals surface area (Å²) in [7, 11) is 0. The molecule has 4 nitrogen and oxygen atoms in total. The molecular formula is C17H17N3O. The Morgan fingerprint density at radius 3 is 2.62 bits per heavy atom. The molecule has 0 spiro atoms. The van der Waals surface area contributed by atoms with Gasteiger partial charge in [0.05, 0.1) is 12.5 Å². The van der Waals surface area contributed by atoms with Gasteiger partial charge in [0.15, 0.2) is 0 Å². The first-order valence-corrected chi connectivity index (χ1v) is 6.78. The summed E-state index contributed by atoms with van der Waals surface area (Å²) in [5.74, 6) is 0. The fourth-order valence-electron chi connectivity index (χ4n) is 2.03. The Morgan fingerprint density at radius 2 is 1.95 bits per heavy atom. The number of anilines is 2. The Kier molecular flexibility index (Phi) is 4.94. The number of aryl methyl sites for hydroxylation is 1. The highest BCUT2D eigenvalue weighted by Gasteiger charge is 2.15. The van der Waals surface area contributed by atoms with Gasteiger partial charge in [-0.15, -0.1) is 0 Å². The Balaban J connectivity index is 2.17. The number of nitriles is 1. The van der Waals surface area contributed by atoms with Crippen LogP contribution in [0.1, 0.15) is 12.0 Å². The van der Waals surface area contributed by atoms with E-state index >= 15 is 0 Å². The van der Waals surface area contributed by atoms with Gasteiger partial charge in [-0.2, -0.15) is 5.26 Å². The number of hydrogen-bond acceptors (Lipinski definition) is 2. The van der Waals surface area contributed by atoms with Crippen molar-refractivity contribution in [1.82, 2.24) is 0 Å². The zero-order valence-electron chi connectivity index (χ0n) is 11.9. The van der Waals surface area contributed by atoms with Crippen LogP contribution >= 0.6 is 0 Å². The molecule has 2 rings (SSSR count). The molecule has 0 bridgehead atoms. The van der Waals surface area contributed by atoms with Gasteiger partial charge in [-0.1, -0.05) is 30.3 Å². The van der Waals surface area contributed by atoms with Crippen LogP contribution in [0.2, 0.25) is 0 Å². The number of hydrogen-bond donors (Lipinski definition) is 1. The molecule has 0 radical (unpaired) electrons. The van der Waals surface area contributed by atoms with Gasteiger partial charge in [-0.3, -0.25) is 4.90 Å². The summed E-state index contributed by atoms with van der Waals surface area (Å²) >= 11 is 0. The Morgan fingerprint density at radius 1 is 1.19 bits per heavy atom. The summed E-state index contributed by atoms with van der Waals surface area (Å²) in [5.41, 5.74) is 2.60. The number of nitrogens with zero attached hydrogens (tertiary/aromatic N) is 2. The summed E-state index contributed by atoms with van der Waals surface area (Å²) in [4.78, 5) is 14.0. The molecule has 21 heavy (non-hydrogen) atoms. The third-order valence-electron chi connectivity index (χ3n) is 3.03. The van der Waals surface area contributed by atoms with Gasteiger partial charge in [0.1, 0.15) is 0 Å². The first kappa shape index (κ1) is 14.6. The number of para-hydroxylation sites is 1. The lowest BCUT2D eigenvalue weighted by atomic mass is 10.2. The molecule has 1 N–H and O–H groups in total. The van der Waals surface area contributed by atoms with Gasteiger partial charge in [0, 0.05) is 17.9 Å². The highest BCUT2D eigenvalue weighted by atomic mass is 16.2. The summed E-state index contributed by atoms with van der Waals surface area (Å²) in [6.07, 6.45) is 0.288. The molecule has 2 amide bonds. The summed E-state index contributed by atoms with van der Waals surface area (Å²) < 4.78 is 0. The molecule has 0 aromatic heterocycles. The van der Waals surface area contributed by atoms with Crippen LogP contribution in [0.4, 0.5) is 16.2 Å². The third-order valence-corrected chi connectivity index (χ3v) is 3.03. The smallest absolute Gasteiger partial charge is 0.308 e. The minimum Gasteiger partial charge on any atom is -0.308 e. The largest absolute Gasteiger partial charge is 0.326 e. The molecule has 2 aromatic rings. The van der Waals surface area contributed by atoms with Gasteiger partial charge in [-0.05, 0) is 36.8 Å². The van der Waals surface area contributed by atoms with Gasteiger partial charge in [-0.25, -0.2) is 4.79 Å². The van der Waals surface area contributed by atoms with E-state index in [-0.39, 0.29) is 12.5 Å². The first-order chi connectivity index (χ1) is 10.2. The molecule has 4 heteroatoms. The molecule has 0 atom stereocenters. The molecule has 0 aliphatic heterocycles. The van der Waals surface area contributed by atoms with Crippen LogP contribution in [-0.4, -0.2) is 12.6 Å². The van der Waals surface area contributed by atoms with E-state index in [1.54, 1.807) is 4.90 Å². The van der Waals surface area contributed by atoms with E-state index in [4.69, 9.17) is 5.26 Å². The summed E-state index contributed by atoms with van der Waals surface area (Å²) in [5, 5.41) is 11.6. The fourth-order valence-corrected chi connectivity index (χ4v) is 2.03. The van der Waals surface area contributed by atoms with Crippen LogP contribution in [0.3, 0.4) is 0 Å². The molecular weight excluding hydrogens is 262 g/mol. The number of amides is 2. The first-order valence-electron chi connectivity index (χ1n) is 6.78.